The summed E-state index contributed by atoms with van der Waals surface area (Å²) in [6.45, 7) is 8.14. The van der Waals surface area contributed by atoms with Crippen molar-refractivity contribution in [2.75, 3.05) is 0 Å². The molecule has 1 rings (SSSR count). The number of aryl methyl sites for hydroxylation is 3. The highest BCUT2D eigenvalue weighted by atomic mass is 14.9. The van der Waals surface area contributed by atoms with Gasteiger partial charge in [0.05, 0.1) is 0 Å². The minimum absolute atomic E-state index is 1.21. The molecule has 0 aromatic carbocycles. The molecule has 0 saturated heterocycles. The van der Waals surface area contributed by atoms with Crippen LogP contribution < -0.4 is 4.57 Å². The lowest BCUT2D eigenvalue weighted by molar-refractivity contribution is -0.697. The van der Waals surface area contributed by atoms with E-state index in [0.717, 1.165) is 0 Å². The Hall–Kier alpha value is -0.850. The number of aromatic nitrogens is 1. The largest absolute Gasteiger partial charge is 0.205 e. The molecule has 0 spiro atoms. The molecule has 1 heteroatoms. The lowest BCUT2D eigenvalue weighted by Gasteiger charge is -2.10. The molecule has 0 N–H and O–H groups in total. The van der Waals surface area contributed by atoms with Gasteiger partial charge in [0.25, 0.3) is 0 Å². The van der Waals surface area contributed by atoms with Crippen molar-refractivity contribution in [3.8, 4) is 0 Å². The molecule has 0 fully saturated rings. The molecule has 0 atom stereocenters. The first kappa shape index (κ1) is 36.2. The van der Waals surface area contributed by atoms with Crippen LogP contribution >= 0.6 is 0 Å². The second-order valence-corrected chi connectivity index (χ2v) is 12.7. The van der Waals surface area contributed by atoms with Gasteiger partial charge >= 0.3 is 0 Å². The predicted octanol–water partition coefficient (Wildman–Crippen LogP) is 12.7. The Morgan fingerprint density at radius 3 is 1.13 bits per heavy atom. The fraction of sp³-hybridized carbons (Fsp3) is 0.868. The van der Waals surface area contributed by atoms with Crippen LogP contribution in [0.2, 0.25) is 0 Å². The maximum Gasteiger partial charge on any atom is 0.172 e. The number of unbranched alkanes of at least 4 members (excludes halogenated alkanes) is 24. The summed E-state index contributed by atoms with van der Waals surface area (Å²) in [7, 11) is 0. The first-order chi connectivity index (χ1) is 19.3. The van der Waals surface area contributed by atoms with Crippen molar-refractivity contribution >= 4 is 0 Å². The summed E-state index contributed by atoms with van der Waals surface area (Å²) in [5.41, 5.74) is 3.31. The van der Waals surface area contributed by atoms with Crippen LogP contribution in [-0.2, 0) is 19.4 Å². The van der Waals surface area contributed by atoms with Crippen LogP contribution in [0.15, 0.2) is 18.5 Å². The normalized spacial score (nSPS) is 11.5. The van der Waals surface area contributed by atoms with Gasteiger partial charge in [-0.1, -0.05) is 168 Å². The minimum atomic E-state index is 1.21. The van der Waals surface area contributed by atoms with Gasteiger partial charge in [-0.25, -0.2) is 4.57 Å². The van der Waals surface area contributed by atoms with Gasteiger partial charge in [0.1, 0.15) is 6.54 Å². The highest BCUT2D eigenvalue weighted by Gasteiger charge is 2.10. The number of pyridine rings is 1. The highest BCUT2D eigenvalue weighted by Crippen LogP contribution is 2.17. The van der Waals surface area contributed by atoms with Crippen molar-refractivity contribution in [1.29, 1.82) is 0 Å². The van der Waals surface area contributed by atoms with E-state index in [1.54, 1.807) is 11.1 Å². The van der Waals surface area contributed by atoms with Crippen molar-refractivity contribution in [3.63, 3.8) is 0 Å². The lowest BCUT2D eigenvalue weighted by Crippen LogP contribution is -2.34. The van der Waals surface area contributed by atoms with E-state index in [-0.39, 0.29) is 0 Å². The molecule has 0 radical (unpaired) electrons. The van der Waals surface area contributed by atoms with E-state index in [1.165, 1.54) is 193 Å². The predicted molar refractivity (Wildman–Crippen MR) is 176 cm³/mol. The summed E-state index contributed by atoms with van der Waals surface area (Å²) in [5.74, 6) is 0. The Bertz CT molecular complexity index is 621. The zero-order valence-corrected chi connectivity index (χ0v) is 27.4. The van der Waals surface area contributed by atoms with Crippen molar-refractivity contribution in [1.82, 2.24) is 0 Å². The monoisotopic (exact) mass is 543 g/mol. The van der Waals surface area contributed by atoms with Gasteiger partial charge in [-0.05, 0) is 37.7 Å². The van der Waals surface area contributed by atoms with Gasteiger partial charge in [0, 0.05) is 18.1 Å². The number of hydrogen-bond acceptors (Lipinski definition) is 0. The smallest absolute Gasteiger partial charge is 0.172 e. The molecule has 1 aromatic heterocycles. The van der Waals surface area contributed by atoms with Crippen LogP contribution in [-0.4, -0.2) is 0 Å². The van der Waals surface area contributed by atoms with Crippen molar-refractivity contribution < 1.29 is 4.57 Å². The van der Waals surface area contributed by atoms with Crippen LogP contribution in [0.5, 0.6) is 0 Å². The van der Waals surface area contributed by atoms with E-state index in [2.05, 4.69) is 43.8 Å². The maximum absolute atomic E-state index is 2.54. The average Bonchev–Trinajstić information content (AvgIpc) is 2.95. The quantitative estimate of drug-likeness (QED) is 0.0672. The van der Waals surface area contributed by atoms with Gasteiger partial charge in [0.15, 0.2) is 12.4 Å². The SMILES string of the molecule is CCCCCCCCCCCCC[n+]1ccc(CCCCCCCCCC)c(CCCCCCCCCC)c1. The Morgan fingerprint density at radius 2 is 0.718 bits per heavy atom. The Kier molecular flexibility index (Phi) is 26.6. The van der Waals surface area contributed by atoms with Crippen LogP contribution in [0.4, 0.5) is 0 Å². The van der Waals surface area contributed by atoms with Crippen LogP contribution in [0.3, 0.4) is 0 Å². The van der Waals surface area contributed by atoms with Gasteiger partial charge in [-0.3, -0.25) is 0 Å². The third-order valence-electron chi connectivity index (χ3n) is 8.82. The summed E-state index contributed by atoms with van der Waals surface area (Å²) in [4.78, 5) is 0. The molecule has 228 valence electrons. The third kappa shape index (κ3) is 22.5. The molecule has 39 heavy (non-hydrogen) atoms. The van der Waals surface area contributed by atoms with E-state index < -0.39 is 0 Å². The topological polar surface area (TPSA) is 3.88 Å². The van der Waals surface area contributed by atoms with Crippen molar-refractivity contribution in [2.45, 2.75) is 214 Å². The molecular weight excluding hydrogens is 470 g/mol. The highest BCUT2D eigenvalue weighted by molar-refractivity contribution is 5.21. The maximum atomic E-state index is 2.54. The fourth-order valence-corrected chi connectivity index (χ4v) is 6.08. The molecule has 0 amide bonds. The van der Waals surface area contributed by atoms with E-state index in [1.807, 2.05) is 0 Å². The zero-order chi connectivity index (χ0) is 28.1. The van der Waals surface area contributed by atoms with E-state index in [4.69, 9.17) is 0 Å². The third-order valence-corrected chi connectivity index (χ3v) is 8.82. The molecule has 1 heterocycles. The second-order valence-electron chi connectivity index (χ2n) is 12.7. The molecule has 0 aliphatic rings. The first-order valence-electron chi connectivity index (χ1n) is 18.3. The summed E-state index contributed by atoms with van der Waals surface area (Å²) in [6.07, 6.45) is 45.9. The minimum Gasteiger partial charge on any atom is -0.205 e. The second kappa shape index (κ2) is 28.7. The molecule has 0 aliphatic heterocycles. The first-order valence-corrected chi connectivity index (χ1v) is 18.3. The van der Waals surface area contributed by atoms with Crippen LogP contribution in [0, 0.1) is 0 Å². The van der Waals surface area contributed by atoms with Gasteiger partial charge < -0.3 is 0 Å². The fourth-order valence-electron chi connectivity index (χ4n) is 6.08. The molecule has 0 saturated carbocycles. The Balaban J connectivity index is 2.35. The van der Waals surface area contributed by atoms with Crippen molar-refractivity contribution in [2.24, 2.45) is 0 Å². The summed E-state index contributed by atoms with van der Waals surface area (Å²) >= 11 is 0. The van der Waals surface area contributed by atoms with E-state index in [0.29, 0.717) is 0 Å². The molecule has 0 aliphatic carbocycles. The molecule has 0 unspecified atom stereocenters. The van der Waals surface area contributed by atoms with Gasteiger partial charge in [-0.15, -0.1) is 0 Å². The standard InChI is InChI=1S/C38H72N/c1-4-7-10-13-16-19-20-21-24-27-30-34-39-35-33-37(31-28-25-22-17-14-11-8-5-2)38(36-39)32-29-26-23-18-15-12-9-6-3/h33,35-36H,4-32,34H2,1-3H3/q+1. The zero-order valence-electron chi connectivity index (χ0n) is 27.4. The molecular formula is C38H72N+. The van der Waals surface area contributed by atoms with Gasteiger partial charge in [-0.2, -0.15) is 0 Å². The average molecular weight is 543 g/mol. The Labute approximate surface area is 247 Å². The summed E-state index contributed by atoms with van der Waals surface area (Å²) in [5, 5.41) is 0. The van der Waals surface area contributed by atoms with Gasteiger partial charge in [0.2, 0.25) is 0 Å². The molecule has 0 bridgehead atoms. The number of rotatable bonds is 30. The number of nitrogens with zero attached hydrogens (tertiary/aromatic N) is 1. The van der Waals surface area contributed by atoms with Crippen LogP contribution in [0.1, 0.15) is 205 Å². The lowest BCUT2D eigenvalue weighted by atomic mass is 9.97. The summed E-state index contributed by atoms with van der Waals surface area (Å²) < 4.78 is 2.52. The molecule has 1 nitrogen and oxygen atoms in total. The Morgan fingerprint density at radius 1 is 0.385 bits per heavy atom. The van der Waals surface area contributed by atoms with E-state index in [9.17, 15) is 0 Å². The van der Waals surface area contributed by atoms with Crippen LogP contribution in [0.25, 0.3) is 0 Å². The van der Waals surface area contributed by atoms with E-state index >= 15 is 0 Å². The van der Waals surface area contributed by atoms with Crippen molar-refractivity contribution in [3.05, 3.63) is 29.6 Å². The summed E-state index contributed by atoms with van der Waals surface area (Å²) in [6, 6.07) is 2.49. The molecule has 1 aromatic rings. The number of hydrogen-bond donors (Lipinski definition) is 0.